The van der Waals surface area contributed by atoms with Crippen LogP contribution in [0.5, 0.6) is 0 Å². The summed E-state index contributed by atoms with van der Waals surface area (Å²) in [7, 11) is 2.98. The molecule has 0 spiro atoms. The number of amides is 1. The Morgan fingerprint density at radius 1 is 1.00 bits per heavy atom. The highest BCUT2D eigenvalue weighted by Crippen LogP contribution is 2.44. The van der Waals surface area contributed by atoms with E-state index in [-0.39, 0.29) is 54.7 Å². The number of anilines is 2. The van der Waals surface area contributed by atoms with Gasteiger partial charge in [-0.1, -0.05) is 0 Å². The monoisotopic (exact) mass is 635 g/mol. The summed E-state index contributed by atoms with van der Waals surface area (Å²) in [6, 6.07) is 2.42. The second-order valence-electron chi connectivity index (χ2n) is 11.7. The maximum absolute atomic E-state index is 17.1. The Kier molecular flexibility index (Phi) is 8.61. The van der Waals surface area contributed by atoms with Crippen molar-refractivity contribution in [2.24, 2.45) is 12.8 Å². The van der Waals surface area contributed by atoms with Crippen molar-refractivity contribution in [1.29, 1.82) is 0 Å². The Balaban J connectivity index is 1.81. The van der Waals surface area contributed by atoms with Crippen LogP contribution in [0.2, 0.25) is 0 Å². The SMILES string of the molecule is CC1CN(c2cc(F)c(-c3ccnc(N4C[C@@H](C)O[C@@H](C)C4)n3)c(F)c2-c2c(C(N)=O)c(C(F)(F)F)cc(=O)n2C)CCN1C. The van der Waals surface area contributed by atoms with Gasteiger partial charge in [-0.05, 0) is 40.0 Å². The Morgan fingerprint density at radius 3 is 2.27 bits per heavy atom. The number of carbonyl (C=O) groups is 1. The lowest BCUT2D eigenvalue weighted by molar-refractivity contribution is -0.138. The van der Waals surface area contributed by atoms with Crippen LogP contribution in [0.15, 0.2) is 29.2 Å². The molecule has 5 rings (SSSR count). The molecule has 2 aliphatic heterocycles. The number of benzene rings is 1. The van der Waals surface area contributed by atoms with Gasteiger partial charge in [0.1, 0.15) is 11.6 Å². The minimum atomic E-state index is -5.18. The average molecular weight is 636 g/mol. The zero-order valence-corrected chi connectivity index (χ0v) is 25.5. The molecule has 0 bridgehead atoms. The van der Waals surface area contributed by atoms with Gasteiger partial charge in [-0.15, -0.1) is 0 Å². The van der Waals surface area contributed by atoms with Crippen molar-refractivity contribution in [3.63, 3.8) is 0 Å². The maximum Gasteiger partial charge on any atom is 0.417 e. The van der Waals surface area contributed by atoms with Gasteiger partial charge >= 0.3 is 6.18 Å². The van der Waals surface area contributed by atoms with Gasteiger partial charge in [0.25, 0.3) is 11.5 Å². The molecular formula is C30H34F5N7O3. The Hall–Kier alpha value is -4.11. The Morgan fingerprint density at radius 2 is 1.67 bits per heavy atom. The van der Waals surface area contributed by atoms with E-state index in [1.54, 1.807) is 9.80 Å². The summed E-state index contributed by atoms with van der Waals surface area (Å²) >= 11 is 0. The van der Waals surface area contributed by atoms with Crippen LogP contribution < -0.4 is 21.1 Å². The van der Waals surface area contributed by atoms with E-state index >= 15 is 8.78 Å². The smallest absolute Gasteiger partial charge is 0.372 e. The molecule has 2 N–H and O–H groups in total. The van der Waals surface area contributed by atoms with Crippen LogP contribution in [-0.4, -0.2) is 83.4 Å². The standard InChI is InChI=1S/C30H34F5N7O3/c1-15-12-41(9-8-39(15)4)21-11-19(31)24(20-6-7-37-29(38-20)42-13-16(2)45-17(3)14-42)26(32)25(21)27-23(28(36)44)18(30(33,34)35)10-22(43)40(27)5/h6-7,10-11,15-17H,8-9,12-14H2,1-5H3,(H2,36,44)/t15?,16-,17+. The molecule has 2 saturated heterocycles. The first-order chi connectivity index (χ1) is 21.1. The molecule has 1 aromatic carbocycles. The molecule has 2 fully saturated rings. The molecule has 0 saturated carbocycles. The van der Waals surface area contributed by atoms with Gasteiger partial charge in [0, 0.05) is 58.1 Å². The summed E-state index contributed by atoms with van der Waals surface area (Å²) in [6.07, 6.45) is -4.18. The molecule has 10 nitrogen and oxygen atoms in total. The van der Waals surface area contributed by atoms with Crippen molar-refractivity contribution in [3.05, 3.63) is 57.5 Å². The topological polar surface area (TPSA) is 110 Å². The molecule has 2 aromatic heterocycles. The summed E-state index contributed by atoms with van der Waals surface area (Å²) in [6.45, 7) is 7.44. The van der Waals surface area contributed by atoms with Crippen molar-refractivity contribution >= 4 is 17.5 Å². The molecule has 45 heavy (non-hydrogen) atoms. The molecule has 15 heteroatoms. The number of hydrogen-bond donors (Lipinski definition) is 1. The third kappa shape index (κ3) is 6.10. The van der Waals surface area contributed by atoms with Gasteiger partial charge in [0.05, 0.1) is 51.5 Å². The van der Waals surface area contributed by atoms with Crippen LogP contribution >= 0.6 is 0 Å². The molecule has 3 aromatic rings. The van der Waals surface area contributed by atoms with E-state index in [0.29, 0.717) is 19.6 Å². The van der Waals surface area contributed by atoms with E-state index in [1.165, 1.54) is 12.3 Å². The second kappa shape index (κ2) is 12.0. The van der Waals surface area contributed by atoms with Gasteiger partial charge in [0.2, 0.25) is 5.95 Å². The number of halogens is 5. The fraction of sp³-hybridized carbons (Fsp3) is 0.467. The van der Waals surface area contributed by atoms with Crippen molar-refractivity contribution in [1.82, 2.24) is 19.4 Å². The number of pyridine rings is 1. The first-order valence-corrected chi connectivity index (χ1v) is 14.4. The van der Waals surface area contributed by atoms with Crippen LogP contribution in [0.25, 0.3) is 22.5 Å². The van der Waals surface area contributed by atoms with Crippen molar-refractivity contribution in [2.75, 3.05) is 49.6 Å². The van der Waals surface area contributed by atoms with Gasteiger partial charge < -0.3 is 29.7 Å². The predicted molar refractivity (Wildman–Crippen MR) is 158 cm³/mol. The molecule has 0 radical (unpaired) electrons. The van der Waals surface area contributed by atoms with Crippen molar-refractivity contribution in [3.8, 4) is 22.5 Å². The number of hydrogen-bond acceptors (Lipinski definition) is 8. The molecule has 0 aliphatic carbocycles. The number of morpholine rings is 1. The van der Waals surface area contributed by atoms with Crippen LogP contribution in [0.3, 0.4) is 0 Å². The summed E-state index contributed by atoms with van der Waals surface area (Å²) in [5.74, 6) is -3.70. The number of nitrogens with zero attached hydrogens (tertiary/aromatic N) is 6. The number of ether oxygens (including phenoxy) is 1. The lowest BCUT2D eigenvalue weighted by Gasteiger charge is -2.40. The molecule has 3 atom stereocenters. The fourth-order valence-corrected chi connectivity index (χ4v) is 6.03. The normalized spacial score (nSPS) is 21.3. The summed E-state index contributed by atoms with van der Waals surface area (Å²) in [5, 5.41) is 0. The second-order valence-corrected chi connectivity index (χ2v) is 11.7. The lowest BCUT2D eigenvalue weighted by Crippen LogP contribution is -2.50. The number of piperazine rings is 1. The van der Waals surface area contributed by atoms with Crippen molar-refractivity contribution in [2.45, 2.75) is 45.2 Å². The largest absolute Gasteiger partial charge is 0.417 e. The number of rotatable bonds is 5. The summed E-state index contributed by atoms with van der Waals surface area (Å²) in [5.41, 5.74) is -0.657. The minimum absolute atomic E-state index is 0.0962. The van der Waals surface area contributed by atoms with Crippen molar-refractivity contribution < 1.29 is 31.5 Å². The first kappa shape index (κ1) is 32.3. The van der Waals surface area contributed by atoms with E-state index in [1.807, 2.05) is 32.7 Å². The lowest BCUT2D eigenvalue weighted by atomic mass is 9.93. The molecule has 2 aliphatic rings. The predicted octanol–water partition coefficient (Wildman–Crippen LogP) is 3.66. The Bertz CT molecular complexity index is 1690. The molecule has 242 valence electrons. The highest BCUT2D eigenvalue weighted by atomic mass is 19.4. The number of carbonyl (C=O) groups excluding carboxylic acids is 1. The quantitative estimate of drug-likeness (QED) is 0.424. The molecule has 1 amide bonds. The maximum atomic E-state index is 17.1. The van der Waals surface area contributed by atoms with E-state index in [9.17, 15) is 22.8 Å². The van der Waals surface area contributed by atoms with Crippen LogP contribution in [0, 0.1) is 11.6 Å². The molecule has 1 unspecified atom stereocenters. The van der Waals surface area contributed by atoms with Gasteiger partial charge in [-0.25, -0.2) is 18.7 Å². The summed E-state index contributed by atoms with van der Waals surface area (Å²) < 4.78 is 82.2. The zero-order valence-electron chi connectivity index (χ0n) is 25.5. The highest BCUT2D eigenvalue weighted by Gasteiger charge is 2.40. The molecule has 4 heterocycles. The van der Waals surface area contributed by atoms with E-state index < -0.39 is 57.2 Å². The third-order valence-electron chi connectivity index (χ3n) is 8.33. The minimum Gasteiger partial charge on any atom is -0.372 e. The first-order valence-electron chi connectivity index (χ1n) is 14.4. The third-order valence-corrected chi connectivity index (χ3v) is 8.33. The highest BCUT2D eigenvalue weighted by molar-refractivity contribution is 6.02. The van der Waals surface area contributed by atoms with Gasteiger partial charge in [-0.2, -0.15) is 13.2 Å². The van der Waals surface area contributed by atoms with Crippen LogP contribution in [0.4, 0.5) is 33.6 Å². The summed E-state index contributed by atoms with van der Waals surface area (Å²) in [4.78, 5) is 39.7. The Labute approximate surface area is 256 Å². The van der Waals surface area contributed by atoms with Gasteiger partial charge in [0.15, 0.2) is 0 Å². The number of likely N-dealkylation sites (N-methyl/N-ethyl adjacent to an activating group) is 1. The number of alkyl halides is 3. The fourth-order valence-electron chi connectivity index (χ4n) is 6.03. The zero-order chi connectivity index (χ0) is 33.0. The van der Waals surface area contributed by atoms with E-state index in [4.69, 9.17) is 10.5 Å². The van der Waals surface area contributed by atoms with E-state index in [0.717, 1.165) is 17.7 Å². The molecular weight excluding hydrogens is 601 g/mol. The average Bonchev–Trinajstić information content (AvgIpc) is 2.95. The van der Waals surface area contributed by atoms with E-state index in [2.05, 4.69) is 9.97 Å². The number of nitrogens with two attached hydrogens (primary N) is 1. The van der Waals surface area contributed by atoms with Gasteiger partial charge in [-0.3, -0.25) is 9.59 Å². The van der Waals surface area contributed by atoms with Crippen LogP contribution in [0.1, 0.15) is 36.7 Å². The van der Waals surface area contributed by atoms with Crippen LogP contribution in [-0.2, 0) is 18.0 Å². The number of aromatic nitrogens is 3. The number of primary amides is 1.